The summed E-state index contributed by atoms with van der Waals surface area (Å²) in [6, 6.07) is 15.7. The number of rotatable bonds is 4. The molecule has 1 aromatic carbocycles. The number of carbonyl (C=O) groups excluding carboxylic acids is 1. The lowest BCUT2D eigenvalue weighted by molar-refractivity contribution is 0.0783. The van der Waals surface area contributed by atoms with E-state index in [2.05, 4.69) is 27.4 Å². The van der Waals surface area contributed by atoms with E-state index in [1.165, 1.54) is 0 Å². The predicted molar refractivity (Wildman–Crippen MR) is 96.4 cm³/mol. The first-order valence-electron chi connectivity index (χ1n) is 8.60. The van der Waals surface area contributed by atoms with Crippen LogP contribution < -0.4 is 5.73 Å². The van der Waals surface area contributed by atoms with Crippen molar-refractivity contribution >= 4 is 5.91 Å². The minimum Gasteiger partial charge on any atom is -0.335 e. The molecule has 0 saturated carbocycles. The Balaban J connectivity index is 1.45. The fraction of sp³-hybridized carbons (Fsp3) is 0.263. The van der Waals surface area contributed by atoms with Gasteiger partial charge < -0.3 is 10.6 Å². The highest BCUT2D eigenvalue weighted by Gasteiger charge is 2.35. The zero-order valence-electron chi connectivity index (χ0n) is 14.3. The Morgan fingerprint density at radius 3 is 2.69 bits per heavy atom. The van der Waals surface area contributed by atoms with Gasteiger partial charge in [0.05, 0.1) is 18.4 Å². The predicted octanol–water partition coefficient (Wildman–Crippen LogP) is 1.29. The molecular formula is C19H20N6O. The molecule has 1 amide bonds. The monoisotopic (exact) mass is 348 g/mol. The maximum absolute atomic E-state index is 12.8. The minimum absolute atomic E-state index is 0.0788. The molecule has 1 saturated heterocycles. The second-order valence-electron chi connectivity index (χ2n) is 6.51. The molecule has 0 spiro atoms. The van der Waals surface area contributed by atoms with Crippen LogP contribution in [0.5, 0.6) is 0 Å². The summed E-state index contributed by atoms with van der Waals surface area (Å²) in [6.07, 6.45) is 3.39. The number of likely N-dealkylation sites (tertiary alicyclic amines) is 1. The standard InChI is InChI=1S/C19H20N6O/c20-17-12-24(11-16(17)14-6-2-1-3-7-14)19(26)18-13-25(23-22-18)10-15-8-4-5-9-21-15/h1-9,13,16-17H,10-12,20H2/t16-,17+/m0/s1. The minimum atomic E-state index is -0.133. The lowest BCUT2D eigenvalue weighted by Crippen LogP contribution is -2.32. The SMILES string of the molecule is N[C@@H]1CN(C(=O)c2cn(Cc3ccccn3)nn2)C[C@H]1c1ccccc1. The van der Waals surface area contributed by atoms with Crippen molar-refractivity contribution in [2.75, 3.05) is 13.1 Å². The first-order chi connectivity index (χ1) is 12.7. The van der Waals surface area contributed by atoms with Crippen LogP contribution in [-0.4, -0.2) is 49.9 Å². The van der Waals surface area contributed by atoms with Gasteiger partial charge in [-0.05, 0) is 17.7 Å². The summed E-state index contributed by atoms with van der Waals surface area (Å²) in [5.41, 5.74) is 8.64. The van der Waals surface area contributed by atoms with Crippen LogP contribution in [0.1, 0.15) is 27.7 Å². The number of aromatic nitrogens is 4. The van der Waals surface area contributed by atoms with Crippen LogP contribution in [-0.2, 0) is 6.54 Å². The van der Waals surface area contributed by atoms with Gasteiger partial charge in [0.25, 0.3) is 5.91 Å². The van der Waals surface area contributed by atoms with E-state index < -0.39 is 0 Å². The number of carbonyl (C=O) groups is 1. The van der Waals surface area contributed by atoms with Gasteiger partial charge in [-0.2, -0.15) is 0 Å². The van der Waals surface area contributed by atoms with Crippen LogP contribution >= 0.6 is 0 Å². The van der Waals surface area contributed by atoms with E-state index in [4.69, 9.17) is 5.73 Å². The summed E-state index contributed by atoms with van der Waals surface area (Å²) >= 11 is 0. The summed E-state index contributed by atoms with van der Waals surface area (Å²) in [5.74, 6) is 0.00913. The molecule has 1 aliphatic rings. The fourth-order valence-corrected chi connectivity index (χ4v) is 3.34. The van der Waals surface area contributed by atoms with Crippen LogP contribution in [0.2, 0.25) is 0 Å². The highest BCUT2D eigenvalue weighted by Crippen LogP contribution is 2.27. The molecule has 7 nitrogen and oxygen atoms in total. The van der Waals surface area contributed by atoms with Gasteiger partial charge in [0.15, 0.2) is 5.69 Å². The van der Waals surface area contributed by atoms with Gasteiger partial charge in [0.1, 0.15) is 0 Å². The largest absolute Gasteiger partial charge is 0.335 e. The van der Waals surface area contributed by atoms with E-state index in [0.717, 1.165) is 11.3 Å². The van der Waals surface area contributed by atoms with E-state index in [0.29, 0.717) is 25.3 Å². The fourth-order valence-electron chi connectivity index (χ4n) is 3.34. The molecule has 26 heavy (non-hydrogen) atoms. The molecular weight excluding hydrogens is 328 g/mol. The van der Waals surface area contributed by atoms with Crippen LogP contribution in [0.3, 0.4) is 0 Å². The zero-order chi connectivity index (χ0) is 17.9. The third-order valence-electron chi connectivity index (χ3n) is 4.69. The van der Waals surface area contributed by atoms with Gasteiger partial charge in [-0.1, -0.05) is 41.6 Å². The number of nitrogens with two attached hydrogens (primary N) is 1. The number of amides is 1. The van der Waals surface area contributed by atoms with Crippen molar-refractivity contribution in [2.24, 2.45) is 5.73 Å². The lowest BCUT2D eigenvalue weighted by Gasteiger charge is -2.15. The van der Waals surface area contributed by atoms with E-state index in [1.54, 1.807) is 22.0 Å². The Hall–Kier alpha value is -3.06. The van der Waals surface area contributed by atoms with E-state index >= 15 is 0 Å². The molecule has 3 aromatic rings. The van der Waals surface area contributed by atoms with E-state index in [-0.39, 0.29) is 17.9 Å². The molecule has 0 radical (unpaired) electrons. The Labute approximate surface area is 151 Å². The summed E-state index contributed by atoms with van der Waals surface area (Å²) in [6.45, 7) is 1.59. The smallest absolute Gasteiger partial charge is 0.276 e. The van der Waals surface area contributed by atoms with Gasteiger partial charge in [-0.3, -0.25) is 9.78 Å². The Morgan fingerprint density at radius 2 is 1.92 bits per heavy atom. The number of benzene rings is 1. The summed E-state index contributed by atoms with van der Waals surface area (Å²) < 4.78 is 1.63. The van der Waals surface area contributed by atoms with E-state index in [1.807, 2.05) is 36.4 Å². The molecule has 4 rings (SSSR count). The molecule has 0 bridgehead atoms. The van der Waals surface area contributed by atoms with Crippen molar-refractivity contribution in [1.29, 1.82) is 0 Å². The normalized spacial score (nSPS) is 19.7. The first kappa shape index (κ1) is 16.4. The number of nitrogens with zero attached hydrogens (tertiary/aromatic N) is 5. The maximum atomic E-state index is 12.8. The Morgan fingerprint density at radius 1 is 1.12 bits per heavy atom. The van der Waals surface area contributed by atoms with Crippen molar-refractivity contribution in [3.8, 4) is 0 Å². The zero-order valence-corrected chi connectivity index (χ0v) is 14.3. The highest BCUT2D eigenvalue weighted by atomic mass is 16.2. The van der Waals surface area contributed by atoms with Gasteiger partial charge >= 0.3 is 0 Å². The Bertz CT molecular complexity index is 879. The van der Waals surface area contributed by atoms with Crippen LogP contribution in [0, 0.1) is 0 Å². The first-order valence-corrected chi connectivity index (χ1v) is 8.60. The van der Waals surface area contributed by atoms with Crippen LogP contribution in [0.25, 0.3) is 0 Å². The average Bonchev–Trinajstić information content (AvgIpc) is 3.29. The topological polar surface area (TPSA) is 89.9 Å². The molecule has 2 N–H and O–H groups in total. The molecule has 2 aromatic heterocycles. The van der Waals surface area contributed by atoms with Gasteiger partial charge in [0, 0.05) is 31.2 Å². The molecule has 0 aliphatic carbocycles. The molecule has 2 atom stereocenters. The maximum Gasteiger partial charge on any atom is 0.276 e. The molecule has 0 unspecified atom stereocenters. The quantitative estimate of drug-likeness (QED) is 0.767. The highest BCUT2D eigenvalue weighted by molar-refractivity contribution is 5.92. The lowest BCUT2D eigenvalue weighted by atomic mass is 9.95. The molecule has 132 valence electrons. The van der Waals surface area contributed by atoms with Crippen molar-refractivity contribution in [3.05, 3.63) is 77.9 Å². The van der Waals surface area contributed by atoms with E-state index in [9.17, 15) is 4.79 Å². The average molecular weight is 348 g/mol. The van der Waals surface area contributed by atoms with Crippen LogP contribution in [0.4, 0.5) is 0 Å². The van der Waals surface area contributed by atoms with Crippen molar-refractivity contribution in [1.82, 2.24) is 24.9 Å². The van der Waals surface area contributed by atoms with Crippen molar-refractivity contribution < 1.29 is 4.79 Å². The summed E-state index contributed by atoms with van der Waals surface area (Å²) in [5, 5.41) is 8.08. The second kappa shape index (κ2) is 7.05. The van der Waals surface area contributed by atoms with Gasteiger partial charge in [-0.15, -0.1) is 5.10 Å². The van der Waals surface area contributed by atoms with Gasteiger partial charge in [0.2, 0.25) is 0 Å². The molecule has 7 heteroatoms. The number of hydrogen-bond acceptors (Lipinski definition) is 5. The molecule has 3 heterocycles. The number of hydrogen-bond donors (Lipinski definition) is 1. The molecule has 1 fully saturated rings. The number of pyridine rings is 1. The Kier molecular flexibility index (Phi) is 4.45. The summed E-state index contributed by atoms with van der Waals surface area (Å²) in [4.78, 5) is 18.8. The third-order valence-corrected chi connectivity index (χ3v) is 4.69. The van der Waals surface area contributed by atoms with Crippen molar-refractivity contribution in [2.45, 2.75) is 18.5 Å². The molecule has 1 aliphatic heterocycles. The van der Waals surface area contributed by atoms with Crippen LogP contribution in [0.15, 0.2) is 60.9 Å². The van der Waals surface area contributed by atoms with Crippen molar-refractivity contribution in [3.63, 3.8) is 0 Å². The van der Waals surface area contributed by atoms with Gasteiger partial charge in [-0.25, -0.2) is 4.68 Å². The second-order valence-corrected chi connectivity index (χ2v) is 6.51. The third kappa shape index (κ3) is 3.34. The summed E-state index contributed by atoms with van der Waals surface area (Å²) in [7, 11) is 0.